The predicted molar refractivity (Wildman–Crippen MR) is 158 cm³/mol. The van der Waals surface area contributed by atoms with Crippen molar-refractivity contribution in [3.8, 4) is 17.2 Å². The number of nitrogens with zero attached hydrogens (tertiary/aromatic N) is 2. The lowest BCUT2D eigenvalue weighted by molar-refractivity contribution is 0.0645. The summed E-state index contributed by atoms with van der Waals surface area (Å²) in [5.41, 5.74) is 1.50. The first-order valence-electron chi connectivity index (χ1n) is 14.7. The molecule has 1 heterocycles. The number of benzene rings is 2. The molecule has 2 aliphatic rings. The van der Waals surface area contributed by atoms with E-state index < -0.39 is 11.6 Å². The summed E-state index contributed by atoms with van der Waals surface area (Å²) in [6, 6.07) is 7.58. The maximum atomic E-state index is 14.4. The molecule has 1 unspecified atom stereocenters. The van der Waals surface area contributed by atoms with Gasteiger partial charge in [-0.1, -0.05) is 30.9 Å². The standard InChI is InChI=1S/C33H44F2N2O4/c1-22(16-25-13-14-27(34)19-29(25)35)20-36(33(38)26-17-30(39-3)32(41-5)31(18-26)40-4)21-28-12-9-15-37(28)23(2)24-10-7-6-8-11-24/h13-14,16-19,23-24,28H,6-12,15,20-21H2,1-5H3/b22-16+/t23-,28?/m0/s1. The van der Waals surface area contributed by atoms with Gasteiger partial charge in [-0.3, -0.25) is 9.69 Å². The van der Waals surface area contributed by atoms with Crippen LogP contribution in [0.5, 0.6) is 17.2 Å². The van der Waals surface area contributed by atoms with E-state index in [0.29, 0.717) is 47.9 Å². The molecular weight excluding hydrogens is 526 g/mol. The molecule has 0 radical (unpaired) electrons. The second-order valence-corrected chi connectivity index (χ2v) is 11.4. The van der Waals surface area contributed by atoms with Crippen molar-refractivity contribution in [1.82, 2.24) is 9.80 Å². The van der Waals surface area contributed by atoms with E-state index in [0.717, 1.165) is 31.0 Å². The number of methoxy groups -OCH3 is 3. The van der Waals surface area contributed by atoms with Crippen LogP contribution in [0.2, 0.25) is 0 Å². The third-order valence-electron chi connectivity index (χ3n) is 8.71. The van der Waals surface area contributed by atoms with Crippen LogP contribution in [0, 0.1) is 17.6 Å². The number of carbonyl (C=O) groups excluding carboxylic acids is 1. The molecule has 2 aromatic carbocycles. The molecule has 0 aromatic heterocycles. The Morgan fingerprint density at radius 1 is 1.00 bits per heavy atom. The summed E-state index contributed by atoms with van der Waals surface area (Å²) in [6.45, 7) is 6.10. The Balaban J connectivity index is 1.64. The number of carbonyl (C=O) groups is 1. The fourth-order valence-electron chi connectivity index (χ4n) is 6.57. The smallest absolute Gasteiger partial charge is 0.254 e. The summed E-state index contributed by atoms with van der Waals surface area (Å²) < 4.78 is 44.4. The second-order valence-electron chi connectivity index (χ2n) is 11.4. The summed E-state index contributed by atoms with van der Waals surface area (Å²) in [7, 11) is 4.58. The highest BCUT2D eigenvalue weighted by atomic mass is 19.1. The van der Waals surface area contributed by atoms with Gasteiger partial charge in [-0.2, -0.15) is 0 Å². The van der Waals surface area contributed by atoms with E-state index in [4.69, 9.17) is 14.2 Å². The van der Waals surface area contributed by atoms with Gasteiger partial charge in [0.15, 0.2) is 11.5 Å². The molecule has 1 saturated carbocycles. The Morgan fingerprint density at radius 2 is 1.68 bits per heavy atom. The molecule has 2 aromatic rings. The number of likely N-dealkylation sites (tertiary alicyclic amines) is 1. The van der Waals surface area contributed by atoms with Gasteiger partial charge in [0, 0.05) is 42.4 Å². The maximum absolute atomic E-state index is 14.4. The highest BCUT2D eigenvalue weighted by Crippen LogP contribution is 2.39. The Morgan fingerprint density at radius 3 is 2.29 bits per heavy atom. The molecule has 2 fully saturated rings. The van der Waals surface area contributed by atoms with E-state index in [1.165, 1.54) is 65.6 Å². The fourth-order valence-corrected chi connectivity index (χ4v) is 6.57. The third-order valence-corrected chi connectivity index (χ3v) is 8.71. The van der Waals surface area contributed by atoms with E-state index in [2.05, 4.69) is 11.8 Å². The van der Waals surface area contributed by atoms with Crippen LogP contribution >= 0.6 is 0 Å². The first kappa shape index (κ1) is 30.8. The number of hydrogen-bond acceptors (Lipinski definition) is 5. The van der Waals surface area contributed by atoms with Crippen molar-refractivity contribution < 1.29 is 27.8 Å². The summed E-state index contributed by atoms with van der Waals surface area (Å²) in [4.78, 5) is 18.6. The first-order valence-corrected chi connectivity index (χ1v) is 14.7. The summed E-state index contributed by atoms with van der Waals surface area (Å²) >= 11 is 0. The molecule has 1 aliphatic heterocycles. The zero-order valence-corrected chi connectivity index (χ0v) is 25.1. The predicted octanol–water partition coefficient (Wildman–Crippen LogP) is 6.97. The largest absolute Gasteiger partial charge is 0.493 e. The summed E-state index contributed by atoms with van der Waals surface area (Å²) in [5.74, 6) is 0.498. The van der Waals surface area contributed by atoms with Crippen LogP contribution in [-0.2, 0) is 0 Å². The van der Waals surface area contributed by atoms with E-state index in [1.54, 1.807) is 18.2 Å². The molecule has 0 N–H and O–H groups in total. The van der Waals surface area contributed by atoms with Crippen LogP contribution in [0.1, 0.15) is 74.7 Å². The molecule has 2 atom stereocenters. The molecule has 1 amide bonds. The van der Waals surface area contributed by atoms with Gasteiger partial charge in [0.1, 0.15) is 11.6 Å². The quantitative estimate of drug-likeness (QED) is 0.292. The number of halogens is 2. The zero-order valence-electron chi connectivity index (χ0n) is 25.1. The van der Waals surface area contributed by atoms with E-state index >= 15 is 0 Å². The van der Waals surface area contributed by atoms with Gasteiger partial charge in [0.05, 0.1) is 21.3 Å². The second kappa shape index (κ2) is 14.2. The average molecular weight is 571 g/mol. The lowest BCUT2D eigenvalue weighted by Crippen LogP contribution is -2.48. The minimum Gasteiger partial charge on any atom is -0.493 e. The van der Waals surface area contributed by atoms with Crippen molar-refractivity contribution in [2.75, 3.05) is 41.0 Å². The van der Waals surface area contributed by atoms with Crippen LogP contribution in [-0.4, -0.2) is 68.8 Å². The Bertz CT molecular complexity index is 1200. The number of hydrogen-bond donors (Lipinski definition) is 0. The SMILES string of the molecule is COc1cc(C(=O)N(C/C(C)=C/c2ccc(F)cc2F)CC2CCCN2[C@@H](C)C2CCCCC2)cc(OC)c1OC. The Hall–Kier alpha value is -3.13. The van der Waals surface area contributed by atoms with E-state index in [-0.39, 0.29) is 17.5 Å². The number of ether oxygens (including phenoxy) is 3. The molecular formula is C33H44F2N2O4. The van der Waals surface area contributed by atoms with Crippen LogP contribution in [0.3, 0.4) is 0 Å². The molecule has 41 heavy (non-hydrogen) atoms. The highest BCUT2D eigenvalue weighted by Gasteiger charge is 2.35. The minimum absolute atomic E-state index is 0.172. The molecule has 1 saturated heterocycles. The van der Waals surface area contributed by atoms with Crippen LogP contribution < -0.4 is 14.2 Å². The molecule has 8 heteroatoms. The Kier molecular flexibility index (Phi) is 10.6. The van der Waals surface area contributed by atoms with Gasteiger partial charge in [-0.15, -0.1) is 0 Å². The van der Waals surface area contributed by atoms with Crippen molar-refractivity contribution >= 4 is 12.0 Å². The zero-order chi connectivity index (χ0) is 29.5. The third kappa shape index (κ3) is 7.39. The van der Waals surface area contributed by atoms with Crippen LogP contribution in [0.25, 0.3) is 6.08 Å². The monoisotopic (exact) mass is 570 g/mol. The molecule has 6 nitrogen and oxygen atoms in total. The van der Waals surface area contributed by atoms with E-state index in [9.17, 15) is 13.6 Å². The van der Waals surface area contributed by atoms with Crippen molar-refractivity contribution in [1.29, 1.82) is 0 Å². The highest BCUT2D eigenvalue weighted by molar-refractivity contribution is 5.96. The summed E-state index contributed by atoms with van der Waals surface area (Å²) in [5, 5.41) is 0. The lowest BCUT2D eigenvalue weighted by Gasteiger charge is -2.39. The fraction of sp³-hybridized carbons (Fsp3) is 0.545. The van der Waals surface area contributed by atoms with Gasteiger partial charge < -0.3 is 19.1 Å². The lowest BCUT2D eigenvalue weighted by atomic mass is 9.83. The molecule has 0 spiro atoms. The van der Waals surface area contributed by atoms with Gasteiger partial charge in [0.25, 0.3) is 5.91 Å². The van der Waals surface area contributed by atoms with E-state index in [1.807, 2.05) is 11.8 Å². The average Bonchev–Trinajstić information content (AvgIpc) is 3.45. The maximum Gasteiger partial charge on any atom is 0.254 e. The van der Waals surface area contributed by atoms with Crippen LogP contribution in [0.15, 0.2) is 35.9 Å². The normalized spacial score (nSPS) is 19.2. The Labute approximate surface area is 243 Å². The van der Waals surface area contributed by atoms with Crippen molar-refractivity contribution in [2.45, 2.75) is 70.9 Å². The molecule has 224 valence electrons. The van der Waals surface area contributed by atoms with Crippen molar-refractivity contribution in [3.05, 3.63) is 58.7 Å². The molecule has 0 bridgehead atoms. The van der Waals surface area contributed by atoms with Crippen molar-refractivity contribution in [2.24, 2.45) is 5.92 Å². The summed E-state index contributed by atoms with van der Waals surface area (Å²) in [6.07, 6.45) is 10.2. The first-order chi connectivity index (χ1) is 19.7. The number of rotatable bonds is 11. The molecule has 1 aliphatic carbocycles. The molecule has 4 rings (SSSR count). The number of amides is 1. The van der Waals surface area contributed by atoms with Gasteiger partial charge >= 0.3 is 0 Å². The van der Waals surface area contributed by atoms with Gasteiger partial charge in [-0.25, -0.2) is 8.78 Å². The van der Waals surface area contributed by atoms with Gasteiger partial charge in [0.2, 0.25) is 5.75 Å². The van der Waals surface area contributed by atoms with Crippen LogP contribution in [0.4, 0.5) is 8.78 Å². The minimum atomic E-state index is -0.630. The van der Waals surface area contributed by atoms with Gasteiger partial charge in [-0.05, 0) is 76.3 Å². The van der Waals surface area contributed by atoms with Crippen molar-refractivity contribution in [3.63, 3.8) is 0 Å². The topological polar surface area (TPSA) is 51.2 Å².